The molecular formula is C23H29ClN2O3S. The minimum Gasteiger partial charge on any atom is -0.347 e. The van der Waals surface area contributed by atoms with E-state index in [1.54, 1.807) is 31.2 Å². The molecule has 5 nitrogen and oxygen atoms in total. The monoisotopic (exact) mass is 448 g/mol. The molecule has 0 saturated heterocycles. The van der Waals surface area contributed by atoms with E-state index in [1.807, 2.05) is 6.92 Å². The number of carbonyl (C=O) groups is 1. The van der Waals surface area contributed by atoms with Crippen LogP contribution in [0.25, 0.3) is 0 Å². The van der Waals surface area contributed by atoms with Gasteiger partial charge in [-0.2, -0.15) is 0 Å². The zero-order valence-electron chi connectivity index (χ0n) is 17.7. The summed E-state index contributed by atoms with van der Waals surface area (Å²) in [7, 11) is -3.68. The van der Waals surface area contributed by atoms with Gasteiger partial charge in [-0.25, -0.2) is 8.42 Å². The zero-order chi connectivity index (χ0) is 21.9. The molecule has 0 aromatic heterocycles. The molecule has 1 aliphatic rings. The number of fused-ring (bicyclic) bond motifs is 1. The predicted octanol–water partition coefficient (Wildman–Crippen LogP) is 4.64. The summed E-state index contributed by atoms with van der Waals surface area (Å²) in [4.78, 5) is 13.1. The van der Waals surface area contributed by atoms with Gasteiger partial charge >= 0.3 is 0 Å². The van der Waals surface area contributed by atoms with E-state index in [4.69, 9.17) is 11.6 Å². The number of aryl methyl sites for hydroxylation is 2. The number of carbonyl (C=O) groups excluding carboxylic acids is 1. The minimum absolute atomic E-state index is 0.173. The highest BCUT2D eigenvalue weighted by molar-refractivity contribution is 7.92. The van der Waals surface area contributed by atoms with Crippen molar-refractivity contribution in [2.24, 2.45) is 0 Å². The normalized spacial score (nSPS) is 15.7. The lowest BCUT2D eigenvalue weighted by Crippen LogP contribution is -2.48. The molecule has 0 saturated carbocycles. The fraction of sp³-hybridized carbons (Fsp3) is 0.435. The van der Waals surface area contributed by atoms with Crippen molar-refractivity contribution in [3.05, 3.63) is 64.2 Å². The number of anilines is 1. The highest BCUT2D eigenvalue weighted by Gasteiger charge is 2.30. The molecule has 0 heterocycles. The van der Waals surface area contributed by atoms with Gasteiger partial charge in [-0.1, -0.05) is 42.8 Å². The molecule has 3 rings (SSSR count). The highest BCUT2D eigenvalue weighted by Crippen LogP contribution is 2.27. The third kappa shape index (κ3) is 5.16. The first-order chi connectivity index (χ1) is 14.2. The highest BCUT2D eigenvalue weighted by atomic mass is 35.5. The lowest BCUT2D eigenvalue weighted by molar-refractivity contribution is -0.122. The average molecular weight is 449 g/mol. The fourth-order valence-electron chi connectivity index (χ4n) is 4.11. The second-order valence-corrected chi connectivity index (χ2v) is 10.2. The Balaban J connectivity index is 1.83. The second kappa shape index (κ2) is 9.40. The van der Waals surface area contributed by atoms with Gasteiger partial charge in [0.05, 0.1) is 18.0 Å². The average Bonchev–Trinajstić information content (AvgIpc) is 2.70. The van der Waals surface area contributed by atoms with Crippen molar-refractivity contribution in [3.63, 3.8) is 0 Å². The number of nitrogens with one attached hydrogen (secondary N) is 1. The molecular weight excluding hydrogens is 420 g/mol. The topological polar surface area (TPSA) is 66.5 Å². The van der Waals surface area contributed by atoms with Gasteiger partial charge in [-0.15, -0.1) is 0 Å². The lowest BCUT2D eigenvalue weighted by Gasteiger charge is -2.30. The number of rotatable bonds is 7. The number of amides is 1. The SMILES string of the molecule is CC[C@H](NC(=O)[C@@H](C)N(c1cccc(Cl)c1)S(C)(=O)=O)c1ccc2c(c1)CCCC2. The maximum atomic E-state index is 13.1. The van der Waals surface area contributed by atoms with Crippen molar-refractivity contribution in [3.8, 4) is 0 Å². The van der Waals surface area contributed by atoms with Crippen molar-refractivity contribution < 1.29 is 13.2 Å². The second-order valence-electron chi connectivity index (χ2n) is 7.92. The van der Waals surface area contributed by atoms with Crippen LogP contribution in [0.1, 0.15) is 55.8 Å². The summed E-state index contributed by atoms with van der Waals surface area (Å²) < 4.78 is 26.1. The molecule has 0 bridgehead atoms. The van der Waals surface area contributed by atoms with Gasteiger partial charge < -0.3 is 5.32 Å². The molecule has 162 valence electrons. The number of nitrogens with zero attached hydrogens (tertiary/aromatic N) is 1. The Hall–Kier alpha value is -2.05. The van der Waals surface area contributed by atoms with Crippen LogP contribution in [0.3, 0.4) is 0 Å². The molecule has 2 aromatic carbocycles. The first kappa shape index (κ1) is 22.6. The minimum atomic E-state index is -3.68. The van der Waals surface area contributed by atoms with E-state index in [1.165, 1.54) is 24.0 Å². The number of benzene rings is 2. The molecule has 7 heteroatoms. The van der Waals surface area contributed by atoms with Crippen LogP contribution in [-0.2, 0) is 27.7 Å². The summed E-state index contributed by atoms with van der Waals surface area (Å²) in [6.07, 6.45) is 6.41. The number of halogens is 1. The molecule has 0 fully saturated rings. The van der Waals surface area contributed by atoms with Gasteiger partial charge in [0, 0.05) is 5.02 Å². The van der Waals surface area contributed by atoms with Crippen molar-refractivity contribution in [2.75, 3.05) is 10.6 Å². The lowest BCUT2D eigenvalue weighted by atomic mass is 9.88. The van der Waals surface area contributed by atoms with Crippen molar-refractivity contribution in [1.82, 2.24) is 5.32 Å². The predicted molar refractivity (Wildman–Crippen MR) is 122 cm³/mol. The Bertz CT molecular complexity index is 1020. The van der Waals surface area contributed by atoms with Crippen LogP contribution < -0.4 is 9.62 Å². The van der Waals surface area contributed by atoms with E-state index in [2.05, 4.69) is 23.5 Å². The maximum Gasteiger partial charge on any atom is 0.244 e. The van der Waals surface area contributed by atoms with Crippen LogP contribution >= 0.6 is 11.6 Å². The summed E-state index contributed by atoms with van der Waals surface area (Å²) in [5.74, 6) is -0.343. The van der Waals surface area contributed by atoms with Crippen molar-refractivity contribution in [2.45, 2.75) is 58.0 Å². The molecule has 0 spiro atoms. The van der Waals surface area contributed by atoms with E-state index in [-0.39, 0.29) is 11.9 Å². The van der Waals surface area contributed by atoms with Crippen LogP contribution in [-0.4, -0.2) is 26.6 Å². The van der Waals surface area contributed by atoms with Gasteiger partial charge in [-0.3, -0.25) is 9.10 Å². The molecule has 1 amide bonds. The molecule has 2 atom stereocenters. The third-order valence-electron chi connectivity index (χ3n) is 5.65. The van der Waals surface area contributed by atoms with Gasteiger partial charge in [0.15, 0.2) is 0 Å². The molecule has 2 aromatic rings. The Kier molecular flexibility index (Phi) is 7.09. The summed E-state index contributed by atoms with van der Waals surface area (Å²) in [6, 6.07) is 11.9. The van der Waals surface area contributed by atoms with E-state index >= 15 is 0 Å². The summed E-state index contributed by atoms with van der Waals surface area (Å²) in [5.41, 5.74) is 4.18. The molecule has 1 aliphatic carbocycles. The smallest absolute Gasteiger partial charge is 0.244 e. The molecule has 0 radical (unpaired) electrons. The Morgan fingerprint density at radius 1 is 1.13 bits per heavy atom. The summed E-state index contributed by atoms with van der Waals surface area (Å²) in [5, 5.41) is 3.46. The number of hydrogen-bond acceptors (Lipinski definition) is 3. The summed E-state index contributed by atoms with van der Waals surface area (Å²) >= 11 is 6.05. The van der Waals surface area contributed by atoms with Crippen LogP contribution in [0, 0.1) is 0 Å². The van der Waals surface area contributed by atoms with Crippen LogP contribution in [0.15, 0.2) is 42.5 Å². The van der Waals surface area contributed by atoms with Crippen molar-refractivity contribution >= 4 is 33.2 Å². The van der Waals surface area contributed by atoms with Crippen LogP contribution in [0.4, 0.5) is 5.69 Å². The van der Waals surface area contributed by atoms with Crippen LogP contribution in [0.5, 0.6) is 0 Å². The van der Waals surface area contributed by atoms with Gasteiger partial charge in [-0.05, 0) is 73.9 Å². The quantitative estimate of drug-likeness (QED) is 0.670. The Morgan fingerprint density at radius 3 is 2.47 bits per heavy atom. The molecule has 0 aliphatic heterocycles. The number of sulfonamides is 1. The molecule has 30 heavy (non-hydrogen) atoms. The maximum absolute atomic E-state index is 13.1. The van der Waals surface area contributed by atoms with Gasteiger partial charge in [0.1, 0.15) is 6.04 Å². The van der Waals surface area contributed by atoms with Gasteiger partial charge in [0.2, 0.25) is 15.9 Å². The number of hydrogen-bond donors (Lipinski definition) is 1. The zero-order valence-corrected chi connectivity index (χ0v) is 19.3. The molecule has 1 N–H and O–H groups in total. The summed E-state index contributed by atoms with van der Waals surface area (Å²) in [6.45, 7) is 3.61. The largest absolute Gasteiger partial charge is 0.347 e. The Labute approximate surface area is 184 Å². The van der Waals surface area contributed by atoms with E-state index in [9.17, 15) is 13.2 Å². The van der Waals surface area contributed by atoms with Crippen LogP contribution in [0.2, 0.25) is 5.02 Å². The van der Waals surface area contributed by atoms with E-state index < -0.39 is 16.1 Å². The Morgan fingerprint density at radius 2 is 1.83 bits per heavy atom. The molecule has 0 unspecified atom stereocenters. The van der Waals surface area contributed by atoms with Gasteiger partial charge in [0.25, 0.3) is 0 Å². The first-order valence-electron chi connectivity index (χ1n) is 10.4. The fourth-order valence-corrected chi connectivity index (χ4v) is 5.46. The first-order valence-corrected chi connectivity index (χ1v) is 12.6. The van der Waals surface area contributed by atoms with E-state index in [0.717, 1.165) is 29.0 Å². The van der Waals surface area contributed by atoms with E-state index in [0.29, 0.717) is 17.1 Å². The third-order valence-corrected chi connectivity index (χ3v) is 7.13. The standard InChI is InChI=1S/C23H29ClN2O3S/c1-4-22(19-13-12-17-8-5-6-9-18(17)14-19)25-23(27)16(2)26(30(3,28)29)21-11-7-10-20(24)15-21/h7,10-16,22H,4-6,8-9H2,1-3H3,(H,25,27)/t16-,22+/m1/s1. The van der Waals surface area contributed by atoms with Crippen molar-refractivity contribution in [1.29, 1.82) is 0 Å².